The van der Waals surface area contributed by atoms with Gasteiger partial charge < -0.3 is 10.6 Å². The van der Waals surface area contributed by atoms with Crippen molar-refractivity contribution in [1.82, 2.24) is 4.90 Å². The van der Waals surface area contributed by atoms with Crippen molar-refractivity contribution in [3.8, 4) is 0 Å². The third-order valence-corrected chi connectivity index (χ3v) is 3.87. The van der Waals surface area contributed by atoms with Gasteiger partial charge >= 0.3 is 6.18 Å². The molecule has 1 aliphatic heterocycles. The van der Waals surface area contributed by atoms with E-state index in [0.29, 0.717) is 15.7 Å². The van der Waals surface area contributed by atoms with Crippen LogP contribution in [0.25, 0.3) is 0 Å². The van der Waals surface area contributed by atoms with Crippen LogP contribution in [0.1, 0.15) is 23.2 Å². The Bertz CT molecular complexity index is 491. The summed E-state index contributed by atoms with van der Waals surface area (Å²) in [5, 5.41) is 0. The molecule has 1 aromatic rings. The Hall–Kier alpha value is -1.24. The van der Waals surface area contributed by atoms with Crippen molar-refractivity contribution in [3.63, 3.8) is 0 Å². The number of benzene rings is 1. The summed E-state index contributed by atoms with van der Waals surface area (Å²) < 4.78 is 38.4. The lowest BCUT2D eigenvalue weighted by atomic mass is 9.96. The highest BCUT2D eigenvalue weighted by Gasteiger charge is 2.41. The molecule has 1 amide bonds. The van der Waals surface area contributed by atoms with E-state index in [1.54, 1.807) is 12.1 Å². The average molecular weight is 351 g/mol. The maximum atomic E-state index is 12.6. The molecular weight excluding hydrogens is 337 g/mol. The quantitative estimate of drug-likeness (QED) is 0.788. The molecule has 7 heteroatoms. The average Bonchev–Trinajstić information content (AvgIpc) is 2.36. The first kappa shape index (κ1) is 15.2. The van der Waals surface area contributed by atoms with Crippen LogP contribution in [-0.2, 0) is 0 Å². The Kier molecular flexibility index (Phi) is 4.27. The van der Waals surface area contributed by atoms with Crippen molar-refractivity contribution in [1.29, 1.82) is 0 Å². The van der Waals surface area contributed by atoms with Crippen LogP contribution in [0.3, 0.4) is 0 Å². The van der Waals surface area contributed by atoms with E-state index in [1.165, 1.54) is 11.0 Å². The lowest BCUT2D eigenvalue weighted by Crippen LogP contribution is -2.42. The number of rotatable bonds is 1. The maximum Gasteiger partial charge on any atom is 0.391 e. The van der Waals surface area contributed by atoms with Gasteiger partial charge in [0.05, 0.1) is 5.92 Å². The number of piperidine rings is 1. The molecule has 1 heterocycles. The summed E-state index contributed by atoms with van der Waals surface area (Å²) >= 11 is 3.24. The van der Waals surface area contributed by atoms with Crippen molar-refractivity contribution >= 4 is 27.5 Å². The van der Waals surface area contributed by atoms with Gasteiger partial charge in [-0.3, -0.25) is 4.79 Å². The van der Waals surface area contributed by atoms with Crippen LogP contribution in [-0.4, -0.2) is 30.1 Å². The van der Waals surface area contributed by atoms with E-state index in [2.05, 4.69) is 15.9 Å². The van der Waals surface area contributed by atoms with E-state index in [0.717, 1.165) is 0 Å². The summed E-state index contributed by atoms with van der Waals surface area (Å²) in [7, 11) is 0. The summed E-state index contributed by atoms with van der Waals surface area (Å²) in [5.41, 5.74) is 6.49. The molecule has 0 aromatic heterocycles. The van der Waals surface area contributed by atoms with E-state index >= 15 is 0 Å². The molecule has 0 spiro atoms. The predicted molar refractivity (Wildman–Crippen MR) is 73.2 cm³/mol. The Labute approximate surface area is 123 Å². The summed E-state index contributed by atoms with van der Waals surface area (Å²) in [6.45, 7) is 0.241. The first-order valence-electron chi connectivity index (χ1n) is 6.19. The number of alkyl halides is 3. The monoisotopic (exact) mass is 350 g/mol. The number of amides is 1. The molecule has 3 nitrogen and oxygen atoms in total. The highest BCUT2D eigenvalue weighted by atomic mass is 79.9. The zero-order chi connectivity index (χ0) is 14.9. The van der Waals surface area contributed by atoms with Crippen LogP contribution in [0, 0.1) is 5.92 Å². The smallest absolute Gasteiger partial charge is 0.391 e. The number of hydrogen-bond donors (Lipinski definition) is 1. The van der Waals surface area contributed by atoms with Gasteiger partial charge in [-0.1, -0.05) is 15.9 Å². The SMILES string of the molecule is Nc1cc(Br)cc(C(=O)N2CCC(C(F)(F)F)CC2)c1. The topological polar surface area (TPSA) is 46.3 Å². The van der Waals surface area contributed by atoms with Crippen molar-refractivity contribution in [2.75, 3.05) is 18.8 Å². The number of nitrogens with zero attached hydrogens (tertiary/aromatic N) is 1. The molecule has 1 aliphatic rings. The van der Waals surface area contributed by atoms with Crippen molar-refractivity contribution in [3.05, 3.63) is 28.2 Å². The second-order valence-electron chi connectivity index (χ2n) is 4.88. The highest BCUT2D eigenvalue weighted by Crippen LogP contribution is 2.34. The molecule has 20 heavy (non-hydrogen) atoms. The first-order valence-corrected chi connectivity index (χ1v) is 6.99. The molecule has 1 fully saturated rings. The van der Waals surface area contributed by atoms with Gasteiger partial charge in [0, 0.05) is 28.8 Å². The zero-order valence-corrected chi connectivity index (χ0v) is 12.2. The van der Waals surface area contributed by atoms with Crippen LogP contribution in [0.2, 0.25) is 0 Å². The molecule has 0 unspecified atom stereocenters. The standard InChI is InChI=1S/C13H14BrF3N2O/c14-10-5-8(6-11(18)7-10)12(20)19-3-1-9(2-4-19)13(15,16)17/h5-7,9H,1-4,18H2. The molecule has 0 atom stereocenters. The Morgan fingerprint density at radius 3 is 2.35 bits per heavy atom. The van der Waals surface area contributed by atoms with Gasteiger partial charge in [0.1, 0.15) is 0 Å². The molecule has 0 saturated carbocycles. The number of hydrogen-bond acceptors (Lipinski definition) is 2. The van der Waals surface area contributed by atoms with Crippen LogP contribution in [0.15, 0.2) is 22.7 Å². The molecule has 0 aliphatic carbocycles. The second kappa shape index (κ2) is 5.63. The summed E-state index contributed by atoms with van der Waals surface area (Å²) in [4.78, 5) is 13.7. The molecule has 1 saturated heterocycles. The fraction of sp³-hybridized carbons (Fsp3) is 0.462. The number of likely N-dealkylation sites (tertiary alicyclic amines) is 1. The summed E-state index contributed by atoms with van der Waals surface area (Å²) in [6.07, 6.45) is -4.26. The van der Waals surface area contributed by atoms with E-state index in [4.69, 9.17) is 5.73 Å². The number of carbonyl (C=O) groups excluding carboxylic acids is 1. The molecule has 1 aromatic carbocycles. The third kappa shape index (κ3) is 3.45. The molecule has 2 N–H and O–H groups in total. The van der Waals surface area contributed by atoms with Gasteiger partial charge in [-0.15, -0.1) is 0 Å². The minimum atomic E-state index is -4.17. The van der Waals surface area contributed by atoms with Gasteiger partial charge in [-0.25, -0.2) is 0 Å². The Morgan fingerprint density at radius 1 is 1.25 bits per heavy atom. The van der Waals surface area contributed by atoms with Crippen LogP contribution < -0.4 is 5.73 Å². The van der Waals surface area contributed by atoms with E-state index in [9.17, 15) is 18.0 Å². The van der Waals surface area contributed by atoms with E-state index in [-0.39, 0.29) is 31.8 Å². The lowest BCUT2D eigenvalue weighted by Gasteiger charge is -2.33. The Balaban J connectivity index is 2.05. The van der Waals surface area contributed by atoms with Gasteiger partial charge in [0.2, 0.25) is 0 Å². The number of nitrogen functional groups attached to an aromatic ring is 1. The van der Waals surface area contributed by atoms with Crippen molar-refractivity contribution in [2.24, 2.45) is 5.92 Å². The first-order chi connectivity index (χ1) is 9.27. The fourth-order valence-electron chi connectivity index (χ4n) is 2.33. The molecule has 2 rings (SSSR count). The predicted octanol–water partition coefficient (Wildman–Crippen LogP) is 3.45. The van der Waals surface area contributed by atoms with Gasteiger partial charge in [0.15, 0.2) is 0 Å². The van der Waals surface area contributed by atoms with E-state index < -0.39 is 12.1 Å². The van der Waals surface area contributed by atoms with Crippen LogP contribution in [0.4, 0.5) is 18.9 Å². The number of nitrogens with two attached hydrogens (primary N) is 1. The number of halogens is 4. The largest absolute Gasteiger partial charge is 0.399 e. The summed E-state index contributed by atoms with van der Waals surface area (Å²) in [6, 6.07) is 4.81. The van der Waals surface area contributed by atoms with Crippen molar-refractivity contribution < 1.29 is 18.0 Å². The Morgan fingerprint density at radius 2 is 1.85 bits per heavy atom. The fourth-order valence-corrected chi connectivity index (χ4v) is 2.84. The molecular formula is C13H14BrF3N2O. The number of anilines is 1. The second-order valence-corrected chi connectivity index (χ2v) is 5.80. The van der Waals surface area contributed by atoms with Gasteiger partial charge in [0.25, 0.3) is 5.91 Å². The zero-order valence-electron chi connectivity index (χ0n) is 10.6. The van der Waals surface area contributed by atoms with Crippen molar-refractivity contribution in [2.45, 2.75) is 19.0 Å². The van der Waals surface area contributed by atoms with Gasteiger partial charge in [-0.05, 0) is 31.0 Å². The normalized spacial score (nSPS) is 17.3. The number of carbonyl (C=O) groups is 1. The van der Waals surface area contributed by atoms with E-state index in [1.807, 2.05) is 0 Å². The third-order valence-electron chi connectivity index (χ3n) is 3.41. The maximum absolute atomic E-state index is 12.6. The van der Waals surface area contributed by atoms with Crippen LogP contribution >= 0.6 is 15.9 Å². The minimum absolute atomic E-state index is 0.0429. The summed E-state index contributed by atoms with van der Waals surface area (Å²) in [5.74, 6) is -1.59. The molecule has 0 bridgehead atoms. The molecule has 110 valence electrons. The minimum Gasteiger partial charge on any atom is -0.399 e. The van der Waals surface area contributed by atoms with Crippen LogP contribution in [0.5, 0.6) is 0 Å². The van der Waals surface area contributed by atoms with Gasteiger partial charge in [-0.2, -0.15) is 13.2 Å². The molecule has 0 radical (unpaired) electrons. The lowest BCUT2D eigenvalue weighted by molar-refractivity contribution is -0.183. The highest BCUT2D eigenvalue weighted by molar-refractivity contribution is 9.10.